The zero-order valence-corrected chi connectivity index (χ0v) is 22.4. The number of carbonyl (C=O) groups is 3. The van der Waals surface area contributed by atoms with Gasteiger partial charge in [-0.3, -0.25) is 14.4 Å². The van der Waals surface area contributed by atoms with E-state index in [9.17, 15) is 34.8 Å². The molecule has 0 unspecified atom stereocenters. The summed E-state index contributed by atoms with van der Waals surface area (Å²) in [5, 5.41) is 45.0. The van der Waals surface area contributed by atoms with Crippen LogP contribution in [0.25, 0.3) is 5.76 Å². The first-order chi connectivity index (χ1) is 18.3. The van der Waals surface area contributed by atoms with Crippen molar-refractivity contribution in [1.82, 2.24) is 0 Å². The summed E-state index contributed by atoms with van der Waals surface area (Å²) in [7, 11) is 3.67. The van der Waals surface area contributed by atoms with Gasteiger partial charge in [0.25, 0.3) is 5.91 Å². The molecule has 9 heteroatoms. The number of primary amides is 1. The zero-order valence-electron chi connectivity index (χ0n) is 22.4. The fraction of sp³-hybridized carbons (Fsp3) is 0.500. The molecule has 4 aliphatic rings. The van der Waals surface area contributed by atoms with E-state index in [-0.39, 0.29) is 41.6 Å². The molecule has 5 rings (SSSR count). The van der Waals surface area contributed by atoms with E-state index in [1.54, 1.807) is 6.07 Å². The van der Waals surface area contributed by atoms with Crippen molar-refractivity contribution in [2.24, 2.45) is 23.0 Å². The van der Waals surface area contributed by atoms with Crippen LogP contribution in [0.15, 0.2) is 23.0 Å². The van der Waals surface area contributed by atoms with Crippen LogP contribution in [0.3, 0.4) is 0 Å². The summed E-state index contributed by atoms with van der Waals surface area (Å²) >= 11 is 0. The fourth-order valence-corrected chi connectivity index (χ4v) is 6.84. The molecule has 0 spiro atoms. The normalized spacial score (nSPS) is 27.7. The van der Waals surface area contributed by atoms with E-state index in [0.717, 1.165) is 31.4 Å². The van der Waals surface area contributed by atoms with Gasteiger partial charge in [-0.2, -0.15) is 0 Å². The molecule has 0 heterocycles. The lowest BCUT2D eigenvalue weighted by Crippen LogP contribution is -2.58. The molecule has 3 atom stereocenters. The van der Waals surface area contributed by atoms with Crippen molar-refractivity contribution in [1.29, 1.82) is 0 Å². The van der Waals surface area contributed by atoms with Gasteiger partial charge in [0.1, 0.15) is 22.8 Å². The molecule has 9 nitrogen and oxygen atoms in total. The summed E-state index contributed by atoms with van der Waals surface area (Å²) in [5.74, 6) is 0.0436. The smallest absolute Gasteiger partial charge is 0.255 e. The Morgan fingerprint density at radius 2 is 1.77 bits per heavy atom. The fourth-order valence-electron chi connectivity index (χ4n) is 6.84. The second-order valence-electron chi connectivity index (χ2n) is 11.8. The molecule has 0 saturated heterocycles. The molecule has 1 aromatic rings. The second-order valence-corrected chi connectivity index (χ2v) is 11.8. The van der Waals surface area contributed by atoms with Gasteiger partial charge in [0.2, 0.25) is 5.78 Å². The van der Waals surface area contributed by atoms with Crippen LogP contribution in [0.5, 0.6) is 5.75 Å². The molecular formula is C30H34N2O7. The number of rotatable bonds is 2. The van der Waals surface area contributed by atoms with Gasteiger partial charge >= 0.3 is 0 Å². The molecule has 2 fully saturated rings. The number of carbonyl (C=O) groups excluding carboxylic acids is 3. The number of hydrogen-bond donors (Lipinski definition) is 5. The first-order valence-electron chi connectivity index (χ1n) is 13.4. The van der Waals surface area contributed by atoms with Gasteiger partial charge in [-0.1, -0.05) is 31.1 Å². The van der Waals surface area contributed by atoms with Crippen LogP contribution in [-0.4, -0.2) is 57.6 Å². The number of aliphatic hydroxyl groups excluding tert-OH is 2. The Hall–Kier alpha value is -3.77. The molecule has 0 aliphatic heterocycles. The SMILES string of the molecule is CN(C)c1cc(C#CC2(C)CCCCC2)c(O)c2c1C[C@H]1C[C@H]3CC(=O)C(C(N)=O)=C(O)[C@@]3(O)C(=O)C1=C2O. The van der Waals surface area contributed by atoms with Crippen molar-refractivity contribution >= 4 is 28.9 Å². The average molecular weight is 535 g/mol. The maximum Gasteiger partial charge on any atom is 0.255 e. The van der Waals surface area contributed by atoms with Crippen molar-refractivity contribution < 1.29 is 34.8 Å². The minimum Gasteiger partial charge on any atom is -0.508 e. The lowest BCUT2D eigenvalue weighted by Gasteiger charge is -2.46. The number of aromatic hydroxyl groups is 1. The molecule has 4 aliphatic carbocycles. The predicted molar refractivity (Wildman–Crippen MR) is 144 cm³/mol. The standard InChI is InChI=1S/C30H34N2O7/c1-29(8-5-4-6-9-29)10-7-15-13-19(32(2)3)18-12-16-11-17-14-20(33)23(28(31)38)27(37)30(17,39)26(36)21(16)25(35)22(18)24(15)34/h13,16-17,34-35,37,39H,4-6,8-9,11-12,14H2,1-3H3,(H2,31,38)/t16-,17+,30+/m1/s1. The van der Waals surface area contributed by atoms with Crippen LogP contribution in [0.2, 0.25) is 0 Å². The second kappa shape index (κ2) is 9.16. The maximum atomic E-state index is 13.8. The highest BCUT2D eigenvalue weighted by molar-refractivity contribution is 6.22. The number of phenolic OH excluding ortho intramolecular Hbond substituents is 1. The van der Waals surface area contributed by atoms with Gasteiger partial charge in [0, 0.05) is 43.1 Å². The Morgan fingerprint density at radius 3 is 2.38 bits per heavy atom. The number of nitrogens with zero attached hydrogens (tertiary/aromatic N) is 1. The van der Waals surface area contributed by atoms with Gasteiger partial charge in [0.05, 0.1) is 11.1 Å². The van der Waals surface area contributed by atoms with E-state index in [2.05, 4.69) is 18.8 Å². The van der Waals surface area contributed by atoms with Crippen molar-refractivity contribution in [3.63, 3.8) is 0 Å². The topological polar surface area (TPSA) is 161 Å². The number of ketones is 2. The molecule has 6 N–H and O–H groups in total. The Morgan fingerprint density at radius 1 is 1.10 bits per heavy atom. The summed E-state index contributed by atoms with van der Waals surface area (Å²) in [4.78, 5) is 40.0. The molecule has 0 bridgehead atoms. The van der Waals surface area contributed by atoms with Crippen molar-refractivity contribution in [3.05, 3.63) is 39.7 Å². The van der Waals surface area contributed by atoms with Crippen LogP contribution in [0.4, 0.5) is 5.69 Å². The third kappa shape index (κ3) is 4.00. The maximum absolute atomic E-state index is 13.8. The Kier molecular flexibility index (Phi) is 6.30. The number of amides is 1. The Balaban J connectivity index is 1.68. The summed E-state index contributed by atoms with van der Waals surface area (Å²) in [6.45, 7) is 2.11. The molecule has 2 saturated carbocycles. The van der Waals surface area contributed by atoms with E-state index in [4.69, 9.17) is 5.73 Å². The van der Waals surface area contributed by atoms with Crippen molar-refractivity contribution in [2.75, 3.05) is 19.0 Å². The minimum atomic E-state index is -2.58. The van der Waals surface area contributed by atoms with Gasteiger partial charge in [-0.05, 0) is 50.2 Å². The molecule has 206 valence electrons. The van der Waals surface area contributed by atoms with E-state index >= 15 is 0 Å². The third-order valence-corrected chi connectivity index (χ3v) is 8.98. The molecule has 0 radical (unpaired) electrons. The van der Waals surface area contributed by atoms with Gasteiger partial charge < -0.3 is 31.1 Å². The van der Waals surface area contributed by atoms with Crippen LogP contribution < -0.4 is 10.6 Å². The monoisotopic (exact) mass is 534 g/mol. The third-order valence-electron chi connectivity index (χ3n) is 8.98. The first kappa shape index (κ1) is 26.8. The largest absolute Gasteiger partial charge is 0.508 e. The minimum absolute atomic E-state index is 0.0615. The number of anilines is 1. The van der Waals surface area contributed by atoms with Gasteiger partial charge in [-0.25, -0.2) is 0 Å². The number of phenols is 1. The molecule has 0 aromatic heterocycles. The Labute approximate surface area is 227 Å². The van der Waals surface area contributed by atoms with Crippen LogP contribution in [0.1, 0.15) is 68.6 Å². The predicted octanol–water partition coefficient (Wildman–Crippen LogP) is 2.81. The first-order valence-corrected chi connectivity index (χ1v) is 13.4. The number of benzene rings is 1. The number of nitrogens with two attached hydrogens (primary N) is 1. The quantitative estimate of drug-likeness (QED) is 0.286. The van der Waals surface area contributed by atoms with Crippen LogP contribution in [-0.2, 0) is 20.8 Å². The summed E-state index contributed by atoms with van der Waals surface area (Å²) < 4.78 is 0. The van der Waals surface area contributed by atoms with E-state index in [0.29, 0.717) is 11.1 Å². The summed E-state index contributed by atoms with van der Waals surface area (Å²) in [6, 6.07) is 1.78. The van der Waals surface area contributed by atoms with E-state index in [1.165, 1.54) is 6.42 Å². The van der Waals surface area contributed by atoms with Crippen LogP contribution in [0, 0.1) is 29.1 Å². The van der Waals surface area contributed by atoms with Gasteiger partial charge in [0.15, 0.2) is 11.4 Å². The highest BCUT2D eigenvalue weighted by atomic mass is 16.3. The van der Waals surface area contributed by atoms with E-state index < -0.39 is 52.0 Å². The highest BCUT2D eigenvalue weighted by Crippen LogP contribution is 2.53. The highest BCUT2D eigenvalue weighted by Gasteiger charge is 2.60. The molecular weight excluding hydrogens is 500 g/mol. The number of aliphatic hydroxyl groups is 3. The zero-order chi connectivity index (χ0) is 28.4. The number of Topliss-reactive ketones (excluding diaryl/α,β-unsaturated/α-hetero) is 2. The number of hydrogen-bond acceptors (Lipinski definition) is 8. The number of fused-ring (bicyclic) bond motifs is 3. The van der Waals surface area contributed by atoms with E-state index in [1.807, 2.05) is 19.0 Å². The molecule has 1 aromatic carbocycles. The summed E-state index contributed by atoms with van der Waals surface area (Å²) in [6.07, 6.45) is 5.28. The van der Waals surface area contributed by atoms with Crippen molar-refractivity contribution in [2.45, 2.75) is 63.9 Å². The van der Waals surface area contributed by atoms with Gasteiger partial charge in [-0.15, -0.1) is 0 Å². The average Bonchev–Trinajstić information content (AvgIpc) is 2.85. The van der Waals surface area contributed by atoms with Crippen LogP contribution >= 0.6 is 0 Å². The lowest BCUT2D eigenvalue weighted by molar-refractivity contribution is -0.147. The lowest BCUT2D eigenvalue weighted by atomic mass is 9.59. The summed E-state index contributed by atoms with van der Waals surface area (Å²) in [5.41, 5.74) is 3.26. The van der Waals surface area contributed by atoms with Crippen molar-refractivity contribution in [3.8, 4) is 17.6 Å². The molecule has 1 amide bonds. The molecule has 39 heavy (non-hydrogen) atoms. The Bertz CT molecular complexity index is 1430.